The lowest BCUT2D eigenvalue weighted by Gasteiger charge is -2.29. The van der Waals surface area contributed by atoms with E-state index in [4.69, 9.17) is 9.84 Å². The summed E-state index contributed by atoms with van der Waals surface area (Å²) in [5.74, 6) is -3.11. The van der Waals surface area contributed by atoms with Crippen molar-refractivity contribution in [3.05, 3.63) is 35.4 Å². The average molecular weight is 327 g/mol. The highest BCUT2D eigenvalue weighted by molar-refractivity contribution is 5.89. The minimum Gasteiger partial charge on any atom is -0.479 e. The second-order valence-electron chi connectivity index (χ2n) is 5.69. The fraction of sp³-hybridized carbons (Fsp3) is 0.500. The van der Waals surface area contributed by atoms with Gasteiger partial charge in [0.25, 0.3) is 0 Å². The quantitative estimate of drug-likeness (QED) is 0.838. The normalized spacial score (nSPS) is 17.7. The Kier molecular flexibility index (Phi) is 5.30. The number of aliphatic carboxylic acids is 1. The number of carbonyl (C=O) groups excluding carboxylic acids is 1. The Morgan fingerprint density at radius 3 is 2.52 bits per heavy atom. The molecule has 7 heteroatoms. The summed E-state index contributed by atoms with van der Waals surface area (Å²) in [4.78, 5) is 23.6. The van der Waals surface area contributed by atoms with E-state index in [2.05, 4.69) is 5.32 Å². The summed E-state index contributed by atoms with van der Waals surface area (Å²) in [7, 11) is 1.23. The molecule has 0 saturated heterocycles. The van der Waals surface area contributed by atoms with Crippen molar-refractivity contribution in [3.63, 3.8) is 0 Å². The smallest absolute Gasteiger partial charge is 0.334 e. The third kappa shape index (κ3) is 3.50. The number of amides is 1. The summed E-state index contributed by atoms with van der Waals surface area (Å²) < 4.78 is 32.1. The first-order valence-electron chi connectivity index (χ1n) is 7.40. The molecule has 0 aliphatic heterocycles. The van der Waals surface area contributed by atoms with Gasteiger partial charge >= 0.3 is 5.97 Å². The van der Waals surface area contributed by atoms with Crippen molar-refractivity contribution in [2.24, 2.45) is 0 Å². The first-order valence-corrected chi connectivity index (χ1v) is 7.40. The first-order chi connectivity index (χ1) is 10.9. The minimum atomic E-state index is -1.19. The summed E-state index contributed by atoms with van der Waals surface area (Å²) in [6, 6.07) is 3.18. The van der Waals surface area contributed by atoms with Crippen LogP contribution in [0, 0.1) is 11.6 Å². The van der Waals surface area contributed by atoms with Crippen LogP contribution in [0.3, 0.4) is 0 Å². The number of nitrogens with one attached hydrogen (secondary N) is 1. The summed E-state index contributed by atoms with van der Waals surface area (Å²) in [5.41, 5.74) is -0.938. The maximum Gasteiger partial charge on any atom is 0.334 e. The molecule has 5 nitrogen and oxygen atoms in total. The Morgan fingerprint density at radius 1 is 1.35 bits per heavy atom. The van der Waals surface area contributed by atoms with Crippen LogP contribution in [-0.4, -0.2) is 36.7 Å². The van der Waals surface area contributed by atoms with Gasteiger partial charge in [-0.05, 0) is 18.9 Å². The lowest BCUT2D eigenvalue weighted by molar-refractivity contribution is -0.148. The van der Waals surface area contributed by atoms with Crippen LogP contribution in [0.2, 0.25) is 0 Å². The predicted molar refractivity (Wildman–Crippen MR) is 77.9 cm³/mol. The van der Waals surface area contributed by atoms with Crippen molar-refractivity contribution in [1.29, 1.82) is 0 Å². The molecule has 0 aromatic heterocycles. The number of carbonyl (C=O) groups is 2. The Balaban J connectivity index is 2.23. The number of ether oxygens (including phenoxy) is 1. The van der Waals surface area contributed by atoms with Gasteiger partial charge in [0.1, 0.15) is 11.6 Å². The molecule has 23 heavy (non-hydrogen) atoms. The van der Waals surface area contributed by atoms with Crippen LogP contribution in [0.4, 0.5) is 8.78 Å². The van der Waals surface area contributed by atoms with E-state index in [0.29, 0.717) is 12.8 Å². The van der Waals surface area contributed by atoms with E-state index in [9.17, 15) is 18.4 Å². The van der Waals surface area contributed by atoms with Crippen molar-refractivity contribution in [1.82, 2.24) is 5.32 Å². The van der Waals surface area contributed by atoms with Crippen molar-refractivity contribution in [3.8, 4) is 0 Å². The van der Waals surface area contributed by atoms with E-state index < -0.39 is 35.0 Å². The molecule has 1 aromatic carbocycles. The molecule has 2 N–H and O–H groups in total. The molecule has 1 aliphatic carbocycles. The molecule has 0 spiro atoms. The average Bonchev–Trinajstić information content (AvgIpc) is 2.98. The maximum absolute atomic E-state index is 14.2. The zero-order chi connectivity index (χ0) is 17.0. The number of rotatable bonds is 6. The van der Waals surface area contributed by atoms with Crippen LogP contribution in [0.1, 0.15) is 31.2 Å². The fourth-order valence-electron chi connectivity index (χ4n) is 3.10. The number of hydrogen-bond donors (Lipinski definition) is 2. The Hall–Kier alpha value is -2.02. The largest absolute Gasteiger partial charge is 0.479 e. The van der Waals surface area contributed by atoms with Gasteiger partial charge < -0.3 is 15.2 Å². The van der Waals surface area contributed by atoms with Gasteiger partial charge in [0.2, 0.25) is 5.91 Å². The topological polar surface area (TPSA) is 75.6 Å². The summed E-state index contributed by atoms with van der Waals surface area (Å²) in [5, 5.41) is 11.5. The van der Waals surface area contributed by atoms with E-state index >= 15 is 0 Å². The van der Waals surface area contributed by atoms with Gasteiger partial charge in [-0.25, -0.2) is 13.6 Å². The van der Waals surface area contributed by atoms with Crippen molar-refractivity contribution >= 4 is 11.9 Å². The SMILES string of the molecule is COC(CNC(=O)C1(c2ccc(F)cc2F)CCCC1)C(=O)O. The molecule has 2 rings (SSSR count). The number of halogens is 2. The molecule has 126 valence electrons. The summed E-state index contributed by atoms with van der Waals surface area (Å²) >= 11 is 0. The van der Waals surface area contributed by atoms with Crippen LogP contribution < -0.4 is 5.32 Å². The molecule has 1 fully saturated rings. The molecule has 1 atom stereocenters. The van der Waals surface area contributed by atoms with E-state index in [0.717, 1.165) is 25.0 Å². The lowest BCUT2D eigenvalue weighted by atomic mass is 9.77. The molecular weight excluding hydrogens is 308 g/mol. The van der Waals surface area contributed by atoms with Crippen LogP contribution in [0.15, 0.2) is 18.2 Å². The van der Waals surface area contributed by atoms with Gasteiger partial charge in [-0.2, -0.15) is 0 Å². The minimum absolute atomic E-state index is 0.151. The first kappa shape index (κ1) is 17.3. The maximum atomic E-state index is 14.2. The second kappa shape index (κ2) is 7.04. The number of methoxy groups -OCH3 is 1. The van der Waals surface area contributed by atoms with Crippen LogP contribution in [0.5, 0.6) is 0 Å². The molecule has 1 amide bonds. The Labute approximate surface area is 132 Å². The highest BCUT2D eigenvalue weighted by atomic mass is 19.1. The number of hydrogen-bond acceptors (Lipinski definition) is 3. The highest BCUT2D eigenvalue weighted by Gasteiger charge is 2.44. The fourth-order valence-corrected chi connectivity index (χ4v) is 3.10. The Morgan fingerprint density at radius 2 is 2.00 bits per heavy atom. The van der Waals surface area contributed by atoms with Gasteiger partial charge in [0.15, 0.2) is 6.10 Å². The zero-order valence-electron chi connectivity index (χ0n) is 12.8. The van der Waals surface area contributed by atoms with Gasteiger partial charge in [-0.1, -0.05) is 18.9 Å². The van der Waals surface area contributed by atoms with Crippen molar-refractivity contribution in [2.45, 2.75) is 37.2 Å². The standard InChI is InChI=1S/C16H19F2NO4/c1-23-13(14(20)21)9-19-15(22)16(6-2-3-7-16)11-5-4-10(17)8-12(11)18/h4-5,8,13H,2-3,6-7,9H2,1H3,(H,19,22)(H,20,21). The second-order valence-corrected chi connectivity index (χ2v) is 5.69. The van der Waals surface area contributed by atoms with Gasteiger partial charge in [0.05, 0.1) is 12.0 Å². The van der Waals surface area contributed by atoms with Crippen molar-refractivity contribution < 1.29 is 28.2 Å². The van der Waals surface area contributed by atoms with Gasteiger partial charge in [-0.15, -0.1) is 0 Å². The molecule has 1 unspecified atom stereocenters. The molecule has 1 saturated carbocycles. The van der Waals surface area contributed by atoms with Gasteiger partial charge in [-0.3, -0.25) is 4.79 Å². The third-order valence-electron chi connectivity index (χ3n) is 4.35. The van der Waals surface area contributed by atoms with Crippen LogP contribution in [0.25, 0.3) is 0 Å². The third-order valence-corrected chi connectivity index (χ3v) is 4.35. The highest BCUT2D eigenvalue weighted by Crippen LogP contribution is 2.42. The summed E-state index contributed by atoms with van der Waals surface area (Å²) in [6.07, 6.45) is 1.20. The van der Waals surface area contributed by atoms with Gasteiger partial charge in [0, 0.05) is 18.7 Å². The number of carboxylic acids is 1. The number of carboxylic acid groups (broad SMARTS) is 1. The number of benzene rings is 1. The van der Waals surface area contributed by atoms with Crippen molar-refractivity contribution in [2.75, 3.05) is 13.7 Å². The predicted octanol–water partition coefficient (Wildman–Crippen LogP) is 1.99. The molecule has 1 aliphatic rings. The Bertz CT molecular complexity index is 600. The van der Waals surface area contributed by atoms with E-state index in [1.54, 1.807) is 0 Å². The van der Waals surface area contributed by atoms with E-state index in [-0.39, 0.29) is 12.1 Å². The van der Waals surface area contributed by atoms with Crippen LogP contribution >= 0.6 is 0 Å². The zero-order valence-corrected chi connectivity index (χ0v) is 12.8. The monoisotopic (exact) mass is 327 g/mol. The van der Waals surface area contributed by atoms with E-state index in [1.807, 2.05) is 0 Å². The molecule has 0 heterocycles. The molecule has 1 aromatic rings. The van der Waals surface area contributed by atoms with E-state index in [1.165, 1.54) is 13.2 Å². The lowest BCUT2D eigenvalue weighted by Crippen LogP contribution is -2.47. The molecule has 0 radical (unpaired) electrons. The molecule has 0 bridgehead atoms. The molecular formula is C16H19F2NO4. The van der Waals surface area contributed by atoms with Crippen LogP contribution in [-0.2, 0) is 19.7 Å². The summed E-state index contributed by atoms with van der Waals surface area (Å²) in [6.45, 7) is -0.213.